The molecule has 0 radical (unpaired) electrons. The average molecular weight is 287 g/mol. The van der Waals surface area contributed by atoms with Crippen LogP contribution in [0.25, 0.3) is 0 Å². The summed E-state index contributed by atoms with van der Waals surface area (Å²) in [7, 11) is -1.67. The Bertz CT molecular complexity index is 590. The van der Waals surface area contributed by atoms with Crippen LogP contribution in [0, 0.1) is 0 Å². The molecule has 0 aromatic carbocycles. The van der Waals surface area contributed by atoms with Crippen molar-refractivity contribution in [2.75, 3.05) is 7.05 Å². The second kappa shape index (κ2) is 5.57. The third-order valence-electron chi connectivity index (χ3n) is 2.17. The second-order valence-corrected chi connectivity index (χ2v) is 6.47. The van der Waals surface area contributed by atoms with E-state index in [4.69, 9.17) is 0 Å². The number of sulfonamides is 1. The van der Waals surface area contributed by atoms with Gasteiger partial charge in [-0.3, -0.25) is 5.10 Å². The normalized spacial score (nSPS) is 11.8. The predicted octanol–water partition coefficient (Wildman–Crippen LogP) is 0.0641. The monoisotopic (exact) mass is 287 g/mol. The minimum Gasteiger partial charge on any atom is -0.316 e. The summed E-state index contributed by atoms with van der Waals surface area (Å²) in [5.74, 6) is 0.477. The van der Waals surface area contributed by atoms with E-state index in [1.807, 2.05) is 12.4 Å². The van der Waals surface area contributed by atoms with Gasteiger partial charge in [-0.25, -0.2) is 18.1 Å². The van der Waals surface area contributed by atoms with Gasteiger partial charge in [0.15, 0.2) is 0 Å². The summed E-state index contributed by atoms with van der Waals surface area (Å²) >= 11 is 1.20. The zero-order valence-corrected chi connectivity index (χ0v) is 11.3. The third-order valence-corrected chi connectivity index (χ3v) is 5.06. The SMILES string of the molecule is CNCc1csc(S(=O)(=O)NCc2ncn[nH]2)c1. The van der Waals surface area contributed by atoms with Crippen LogP contribution in [-0.2, 0) is 23.1 Å². The molecule has 0 spiro atoms. The van der Waals surface area contributed by atoms with Gasteiger partial charge in [0.2, 0.25) is 10.0 Å². The highest BCUT2D eigenvalue weighted by atomic mass is 32.2. The summed E-state index contributed by atoms with van der Waals surface area (Å²) < 4.78 is 26.7. The molecule has 0 aliphatic rings. The van der Waals surface area contributed by atoms with Crippen molar-refractivity contribution < 1.29 is 8.42 Å². The minimum absolute atomic E-state index is 0.0988. The van der Waals surface area contributed by atoms with Crippen LogP contribution in [-0.4, -0.2) is 30.6 Å². The molecule has 2 aromatic rings. The van der Waals surface area contributed by atoms with Crippen molar-refractivity contribution in [2.24, 2.45) is 0 Å². The molecule has 18 heavy (non-hydrogen) atoms. The van der Waals surface area contributed by atoms with E-state index < -0.39 is 10.0 Å². The van der Waals surface area contributed by atoms with Crippen LogP contribution < -0.4 is 10.0 Å². The third kappa shape index (κ3) is 3.13. The maximum atomic E-state index is 12.0. The number of H-pyrrole nitrogens is 1. The number of nitrogens with zero attached hydrogens (tertiary/aromatic N) is 2. The van der Waals surface area contributed by atoms with Crippen molar-refractivity contribution >= 4 is 21.4 Å². The maximum absolute atomic E-state index is 12.0. The van der Waals surface area contributed by atoms with Gasteiger partial charge in [0.05, 0.1) is 6.54 Å². The molecule has 0 bridgehead atoms. The molecule has 3 N–H and O–H groups in total. The van der Waals surface area contributed by atoms with Crippen molar-refractivity contribution in [1.82, 2.24) is 25.2 Å². The zero-order valence-electron chi connectivity index (χ0n) is 9.67. The van der Waals surface area contributed by atoms with Crippen LogP contribution in [0.15, 0.2) is 22.0 Å². The summed E-state index contributed by atoms with van der Waals surface area (Å²) in [5, 5.41) is 11.0. The summed E-state index contributed by atoms with van der Waals surface area (Å²) in [4.78, 5) is 3.85. The van der Waals surface area contributed by atoms with E-state index in [0.717, 1.165) is 5.56 Å². The lowest BCUT2D eigenvalue weighted by Gasteiger charge is -2.01. The van der Waals surface area contributed by atoms with Crippen molar-refractivity contribution in [3.8, 4) is 0 Å². The van der Waals surface area contributed by atoms with Gasteiger partial charge in [0.1, 0.15) is 16.4 Å². The molecular weight excluding hydrogens is 274 g/mol. The quantitative estimate of drug-likeness (QED) is 0.698. The van der Waals surface area contributed by atoms with Gasteiger partial charge in [0.25, 0.3) is 0 Å². The number of thiophene rings is 1. The predicted molar refractivity (Wildman–Crippen MR) is 67.5 cm³/mol. The summed E-state index contributed by atoms with van der Waals surface area (Å²) in [6, 6.07) is 1.66. The van der Waals surface area contributed by atoms with Gasteiger partial charge < -0.3 is 5.32 Å². The Hall–Kier alpha value is -1.29. The maximum Gasteiger partial charge on any atom is 0.250 e. The van der Waals surface area contributed by atoms with Gasteiger partial charge in [-0.15, -0.1) is 11.3 Å². The highest BCUT2D eigenvalue weighted by Crippen LogP contribution is 2.20. The first kappa shape index (κ1) is 13.1. The van der Waals surface area contributed by atoms with Gasteiger partial charge in [-0.2, -0.15) is 5.10 Å². The average Bonchev–Trinajstić information content (AvgIpc) is 2.98. The van der Waals surface area contributed by atoms with Crippen molar-refractivity contribution in [3.63, 3.8) is 0 Å². The van der Waals surface area contributed by atoms with Crippen LogP contribution in [0.2, 0.25) is 0 Å². The molecule has 98 valence electrons. The van der Waals surface area contributed by atoms with Gasteiger partial charge in [-0.1, -0.05) is 0 Å². The van der Waals surface area contributed by atoms with E-state index in [1.165, 1.54) is 17.7 Å². The lowest BCUT2D eigenvalue weighted by atomic mass is 10.3. The van der Waals surface area contributed by atoms with Crippen LogP contribution in [0.4, 0.5) is 0 Å². The van der Waals surface area contributed by atoms with E-state index in [-0.39, 0.29) is 6.54 Å². The van der Waals surface area contributed by atoms with Crippen LogP contribution in [0.5, 0.6) is 0 Å². The molecule has 9 heteroatoms. The summed E-state index contributed by atoms with van der Waals surface area (Å²) in [5.41, 5.74) is 0.947. The fourth-order valence-corrected chi connectivity index (χ4v) is 3.58. The molecule has 0 atom stereocenters. The number of aromatic nitrogens is 3. The smallest absolute Gasteiger partial charge is 0.250 e. The Morgan fingerprint density at radius 3 is 2.94 bits per heavy atom. The lowest BCUT2D eigenvalue weighted by Crippen LogP contribution is -2.23. The van der Waals surface area contributed by atoms with Gasteiger partial charge >= 0.3 is 0 Å². The molecule has 0 aliphatic carbocycles. The molecule has 2 rings (SSSR count). The Balaban J connectivity index is 2.05. The summed E-state index contributed by atoms with van der Waals surface area (Å²) in [6.07, 6.45) is 1.33. The first-order chi connectivity index (χ1) is 8.62. The fraction of sp³-hybridized carbons (Fsp3) is 0.333. The first-order valence-corrected chi connectivity index (χ1v) is 7.54. The Morgan fingerprint density at radius 1 is 1.44 bits per heavy atom. The van der Waals surface area contributed by atoms with Crippen LogP contribution in [0.3, 0.4) is 0 Å². The molecule has 0 fully saturated rings. The number of rotatable bonds is 6. The standard InChI is InChI=1S/C9H13N5O2S2/c1-10-3-7-2-9(17-5-7)18(15,16)13-4-8-11-6-12-14-8/h2,5-6,10,13H,3-4H2,1H3,(H,11,12,14). The highest BCUT2D eigenvalue weighted by molar-refractivity contribution is 7.91. The minimum atomic E-state index is -3.48. The van der Waals surface area contributed by atoms with E-state index in [1.54, 1.807) is 6.07 Å². The second-order valence-electron chi connectivity index (χ2n) is 3.56. The number of aromatic amines is 1. The summed E-state index contributed by atoms with van der Waals surface area (Å²) in [6.45, 7) is 0.746. The Kier molecular flexibility index (Phi) is 4.07. The molecular formula is C9H13N5O2S2. The van der Waals surface area contributed by atoms with E-state index in [9.17, 15) is 8.42 Å². The van der Waals surface area contributed by atoms with Crippen molar-refractivity contribution in [1.29, 1.82) is 0 Å². The molecule has 0 saturated heterocycles. The number of hydrogen-bond acceptors (Lipinski definition) is 6. The zero-order chi connectivity index (χ0) is 13.0. The Labute approximate surface area is 109 Å². The van der Waals surface area contributed by atoms with E-state index in [0.29, 0.717) is 16.6 Å². The number of hydrogen-bond donors (Lipinski definition) is 3. The van der Waals surface area contributed by atoms with E-state index >= 15 is 0 Å². The van der Waals surface area contributed by atoms with Crippen molar-refractivity contribution in [3.05, 3.63) is 29.2 Å². The lowest BCUT2D eigenvalue weighted by molar-refractivity contribution is 0.581. The van der Waals surface area contributed by atoms with Crippen LogP contribution in [0.1, 0.15) is 11.4 Å². The van der Waals surface area contributed by atoms with E-state index in [2.05, 4.69) is 25.2 Å². The van der Waals surface area contributed by atoms with Crippen molar-refractivity contribution in [2.45, 2.75) is 17.3 Å². The molecule has 2 heterocycles. The highest BCUT2D eigenvalue weighted by Gasteiger charge is 2.16. The van der Waals surface area contributed by atoms with Gasteiger partial charge in [0, 0.05) is 6.54 Å². The molecule has 0 amide bonds. The molecule has 0 saturated carbocycles. The number of nitrogens with one attached hydrogen (secondary N) is 3. The van der Waals surface area contributed by atoms with Crippen LogP contribution >= 0.6 is 11.3 Å². The Morgan fingerprint density at radius 2 is 2.28 bits per heavy atom. The first-order valence-electron chi connectivity index (χ1n) is 5.18. The largest absolute Gasteiger partial charge is 0.316 e. The fourth-order valence-electron chi connectivity index (χ4n) is 1.34. The van der Waals surface area contributed by atoms with Gasteiger partial charge in [-0.05, 0) is 24.1 Å². The topological polar surface area (TPSA) is 99.8 Å². The molecule has 0 aliphatic heterocycles. The molecule has 2 aromatic heterocycles. The molecule has 0 unspecified atom stereocenters. The molecule has 7 nitrogen and oxygen atoms in total.